The van der Waals surface area contributed by atoms with Crippen LogP contribution in [0.2, 0.25) is 5.02 Å². The number of carboxylic acid groups (broad SMARTS) is 1. The van der Waals surface area contributed by atoms with Gasteiger partial charge in [-0.05, 0) is 37.5 Å². The van der Waals surface area contributed by atoms with Crippen LogP contribution in [0.15, 0.2) is 24.3 Å². The molecule has 0 aliphatic carbocycles. The molecule has 1 saturated heterocycles. The molecule has 6 heteroatoms. The molecule has 21 heavy (non-hydrogen) atoms. The highest BCUT2D eigenvalue weighted by molar-refractivity contribution is 6.30. The molecule has 1 aromatic carbocycles. The molecule has 0 spiro atoms. The predicted octanol–water partition coefficient (Wildman–Crippen LogP) is 2.43. The van der Waals surface area contributed by atoms with Crippen molar-refractivity contribution >= 4 is 23.5 Å². The summed E-state index contributed by atoms with van der Waals surface area (Å²) in [5.74, 6) is -0.366. The number of halogens is 1. The van der Waals surface area contributed by atoms with Gasteiger partial charge < -0.3 is 14.7 Å². The van der Waals surface area contributed by atoms with Gasteiger partial charge in [-0.1, -0.05) is 17.7 Å². The van der Waals surface area contributed by atoms with Gasteiger partial charge in [0.05, 0.1) is 0 Å². The number of amides is 1. The van der Waals surface area contributed by atoms with Crippen molar-refractivity contribution in [2.75, 3.05) is 13.1 Å². The van der Waals surface area contributed by atoms with Gasteiger partial charge in [-0.15, -0.1) is 0 Å². The summed E-state index contributed by atoms with van der Waals surface area (Å²) in [6, 6.07) is 6.89. The number of carbonyl (C=O) groups is 2. The molecule has 5 nitrogen and oxygen atoms in total. The Kier molecular flexibility index (Phi) is 5.07. The Morgan fingerprint density at radius 1 is 1.52 bits per heavy atom. The molecule has 1 heterocycles. The molecule has 1 aliphatic heterocycles. The van der Waals surface area contributed by atoms with Gasteiger partial charge in [0.15, 0.2) is 6.10 Å². The fraction of sp³-hybridized carbons (Fsp3) is 0.467. The Bertz CT molecular complexity index is 534. The van der Waals surface area contributed by atoms with Gasteiger partial charge in [-0.2, -0.15) is 0 Å². The first-order valence-corrected chi connectivity index (χ1v) is 7.26. The van der Waals surface area contributed by atoms with Gasteiger partial charge in [0.25, 0.3) is 5.91 Å². The monoisotopic (exact) mass is 311 g/mol. The number of nitrogens with zero attached hydrogens (tertiary/aromatic N) is 1. The summed E-state index contributed by atoms with van der Waals surface area (Å²) in [7, 11) is 0. The first kappa shape index (κ1) is 15.6. The Balaban J connectivity index is 1.90. The minimum atomic E-state index is -0.822. The maximum absolute atomic E-state index is 12.3. The average Bonchev–Trinajstić information content (AvgIpc) is 2.85. The molecular formula is C15H18ClNO4. The summed E-state index contributed by atoms with van der Waals surface area (Å²) in [6.07, 6.45) is 0.210. The molecule has 0 saturated carbocycles. The van der Waals surface area contributed by atoms with Crippen LogP contribution in [-0.4, -0.2) is 41.1 Å². The predicted molar refractivity (Wildman–Crippen MR) is 78.5 cm³/mol. The summed E-state index contributed by atoms with van der Waals surface area (Å²) in [5, 5.41) is 9.34. The number of likely N-dealkylation sites (tertiary alicyclic amines) is 1. The number of hydrogen-bond acceptors (Lipinski definition) is 3. The Hall–Kier alpha value is -1.75. The van der Waals surface area contributed by atoms with Gasteiger partial charge in [-0.3, -0.25) is 9.59 Å². The summed E-state index contributed by atoms with van der Waals surface area (Å²) < 4.78 is 5.59. The van der Waals surface area contributed by atoms with E-state index in [2.05, 4.69) is 0 Å². The Morgan fingerprint density at radius 3 is 2.95 bits per heavy atom. The van der Waals surface area contributed by atoms with E-state index >= 15 is 0 Å². The van der Waals surface area contributed by atoms with Gasteiger partial charge in [0, 0.05) is 24.5 Å². The molecule has 2 rings (SSSR count). The number of carboxylic acids is 1. The van der Waals surface area contributed by atoms with E-state index in [1.807, 2.05) is 0 Å². The molecule has 2 unspecified atom stereocenters. The molecule has 1 N–H and O–H groups in total. The zero-order valence-corrected chi connectivity index (χ0v) is 12.5. The van der Waals surface area contributed by atoms with Crippen molar-refractivity contribution in [2.24, 2.45) is 5.92 Å². The third-order valence-corrected chi connectivity index (χ3v) is 3.75. The Labute approximate surface area is 128 Å². The van der Waals surface area contributed by atoms with Crippen molar-refractivity contribution in [3.63, 3.8) is 0 Å². The zero-order chi connectivity index (χ0) is 15.4. The van der Waals surface area contributed by atoms with Crippen LogP contribution in [0.1, 0.15) is 19.8 Å². The topological polar surface area (TPSA) is 66.8 Å². The van der Waals surface area contributed by atoms with Crippen LogP contribution < -0.4 is 4.74 Å². The van der Waals surface area contributed by atoms with E-state index < -0.39 is 12.1 Å². The molecule has 2 atom stereocenters. The van der Waals surface area contributed by atoms with Crippen molar-refractivity contribution in [1.82, 2.24) is 4.90 Å². The minimum Gasteiger partial charge on any atom is -0.481 e. The average molecular weight is 312 g/mol. The van der Waals surface area contributed by atoms with Gasteiger partial charge >= 0.3 is 5.97 Å². The van der Waals surface area contributed by atoms with E-state index in [0.29, 0.717) is 23.9 Å². The van der Waals surface area contributed by atoms with Crippen molar-refractivity contribution < 1.29 is 19.4 Å². The zero-order valence-electron chi connectivity index (χ0n) is 11.8. The normalized spacial score (nSPS) is 19.3. The molecule has 0 radical (unpaired) electrons. The number of rotatable bonds is 5. The van der Waals surface area contributed by atoms with E-state index in [1.165, 1.54) is 0 Å². The van der Waals surface area contributed by atoms with Crippen LogP contribution in [0.4, 0.5) is 0 Å². The quantitative estimate of drug-likeness (QED) is 0.907. The first-order valence-electron chi connectivity index (χ1n) is 6.88. The molecule has 0 aromatic heterocycles. The van der Waals surface area contributed by atoms with E-state index in [4.69, 9.17) is 21.4 Å². The third-order valence-electron chi connectivity index (χ3n) is 3.52. The van der Waals surface area contributed by atoms with Crippen LogP contribution >= 0.6 is 11.6 Å². The highest BCUT2D eigenvalue weighted by atomic mass is 35.5. The molecule has 1 aliphatic rings. The second kappa shape index (κ2) is 6.80. The van der Waals surface area contributed by atoms with Crippen molar-refractivity contribution in [3.05, 3.63) is 29.3 Å². The van der Waals surface area contributed by atoms with Crippen LogP contribution in [0, 0.1) is 5.92 Å². The standard InChI is InChI=1S/C15H18ClNO4/c1-10(21-13-4-2-3-12(16)8-13)15(20)17-6-5-11(9-17)7-14(18)19/h2-4,8,10-11H,5-7,9H2,1H3,(H,18,19). The molecule has 1 amide bonds. The van der Waals surface area contributed by atoms with E-state index in [9.17, 15) is 9.59 Å². The highest BCUT2D eigenvalue weighted by Gasteiger charge is 2.30. The van der Waals surface area contributed by atoms with E-state index in [1.54, 1.807) is 36.1 Å². The molecule has 114 valence electrons. The maximum atomic E-state index is 12.3. The number of hydrogen-bond donors (Lipinski definition) is 1. The minimum absolute atomic E-state index is 0.0322. The largest absolute Gasteiger partial charge is 0.481 e. The Morgan fingerprint density at radius 2 is 2.29 bits per heavy atom. The molecule has 1 fully saturated rings. The SMILES string of the molecule is CC(Oc1cccc(Cl)c1)C(=O)N1CCC(CC(=O)O)C1. The molecule has 0 bridgehead atoms. The van der Waals surface area contributed by atoms with Crippen LogP contribution in [-0.2, 0) is 9.59 Å². The van der Waals surface area contributed by atoms with Crippen LogP contribution in [0.5, 0.6) is 5.75 Å². The van der Waals surface area contributed by atoms with E-state index in [0.717, 1.165) is 6.42 Å². The maximum Gasteiger partial charge on any atom is 0.303 e. The second-order valence-electron chi connectivity index (χ2n) is 5.25. The summed E-state index contributed by atoms with van der Waals surface area (Å²) in [4.78, 5) is 24.7. The molecule has 1 aromatic rings. The number of benzene rings is 1. The number of aliphatic carboxylic acids is 1. The highest BCUT2D eigenvalue weighted by Crippen LogP contribution is 2.22. The van der Waals surface area contributed by atoms with Crippen molar-refractivity contribution in [2.45, 2.75) is 25.9 Å². The van der Waals surface area contributed by atoms with Crippen LogP contribution in [0.25, 0.3) is 0 Å². The lowest BCUT2D eigenvalue weighted by molar-refractivity contribution is -0.139. The lowest BCUT2D eigenvalue weighted by Crippen LogP contribution is -2.39. The lowest BCUT2D eigenvalue weighted by atomic mass is 10.1. The number of ether oxygens (including phenoxy) is 1. The van der Waals surface area contributed by atoms with Crippen molar-refractivity contribution in [1.29, 1.82) is 0 Å². The van der Waals surface area contributed by atoms with Crippen LogP contribution in [0.3, 0.4) is 0 Å². The number of carbonyl (C=O) groups excluding carboxylic acids is 1. The summed E-state index contributed by atoms with van der Waals surface area (Å²) >= 11 is 5.87. The van der Waals surface area contributed by atoms with Gasteiger partial charge in [-0.25, -0.2) is 0 Å². The fourth-order valence-electron chi connectivity index (χ4n) is 2.50. The smallest absolute Gasteiger partial charge is 0.303 e. The van der Waals surface area contributed by atoms with E-state index in [-0.39, 0.29) is 18.2 Å². The van der Waals surface area contributed by atoms with Gasteiger partial charge in [0.1, 0.15) is 5.75 Å². The van der Waals surface area contributed by atoms with Crippen molar-refractivity contribution in [3.8, 4) is 5.75 Å². The van der Waals surface area contributed by atoms with Gasteiger partial charge in [0.2, 0.25) is 0 Å². The first-order chi connectivity index (χ1) is 9.95. The lowest BCUT2D eigenvalue weighted by Gasteiger charge is -2.21. The fourth-order valence-corrected chi connectivity index (χ4v) is 2.68. The summed E-state index contributed by atoms with van der Waals surface area (Å²) in [5.41, 5.74) is 0. The molecular weight excluding hydrogens is 294 g/mol. The second-order valence-corrected chi connectivity index (χ2v) is 5.69. The third kappa shape index (κ3) is 4.36. The summed E-state index contributed by atoms with van der Waals surface area (Å²) in [6.45, 7) is 2.75.